The van der Waals surface area contributed by atoms with E-state index in [0.717, 1.165) is 40.0 Å². The van der Waals surface area contributed by atoms with Gasteiger partial charge in [-0.1, -0.05) is 11.3 Å². The molecule has 4 aromatic rings. The summed E-state index contributed by atoms with van der Waals surface area (Å²) in [7, 11) is 0. The van der Waals surface area contributed by atoms with Crippen molar-refractivity contribution in [3.05, 3.63) is 60.3 Å². The van der Waals surface area contributed by atoms with Crippen LogP contribution >= 0.6 is 11.3 Å². The van der Waals surface area contributed by atoms with Gasteiger partial charge in [0.05, 0.1) is 22.5 Å². The summed E-state index contributed by atoms with van der Waals surface area (Å²) in [5.41, 5.74) is 4.49. The number of aryl methyl sites for hydroxylation is 1. The minimum Gasteiger partial charge on any atom is -0.360 e. The van der Waals surface area contributed by atoms with Crippen molar-refractivity contribution in [2.24, 2.45) is 0 Å². The van der Waals surface area contributed by atoms with Crippen LogP contribution in [-0.4, -0.2) is 62.3 Å². The topological polar surface area (TPSA) is 104 Å². The van der Waals surface area contributed by atoms with Crippen LogP contribution in [0.5, 0.6) is 0 Å². The van der Waals surface area contributed by atoms with Crippen LogP contribution in [0.15, 0.2) is 49.1 Å². The molecule has 0 aromatic carbocycles. The maximum absolute atomic E-state index is 13.3. The predicted octanol–water partition coefficient (Wildman–Crippen LogP) is 3.52. The van der Waals surface area contributed by atoms with Crippen molar-refractivity contribution < 1.29 is 9.59 Å². The number of aromatic nitrogens is 4. The molecule has 6 rings (SSSR count). The predicted molar refractivity (Wildman–Crippen MR) is 135 cm³/mol. The molecule has 4 aromatic heterocycles. The molecule has 1 saturated heterocycles. The third kappa shape index (κ3) is 4.32. The minimum atomic E-state index is -0.307. The molecular weight excluding hydrogens is 462 g/mol. The minimum absolute atomic E-state index is 0.113. The first-order valence-electron chi connectivity index (χ1n) is 11.5. The number of hydrogen-bond acceptors (Lipinski definition) is 8. The summed E-state index contributed by atoms with van der Waals surface area (Å²) in [6.07, 6.45) is 9.01. The number of carbonyl (C=O) groups excluding carboxylic acids is 2. The number of nitrogens with zero attached hydrogens (tertiary/aromatic N) is 6. The van der Waals surface area contributed by atoms with E-state index in [1.165, 1.54) is 11.3 Å². The van der Waals surface area contributed by atoms with Crippen LogP contribution in [0.3, 0.4) is 0 Å². The van der Waals surface area contributed by atoms with Gasteiger partial charge in [0, 0.05) is 55.2 Å². The molecule has 5 heterocycles. The van der Waals surface area contributed by atoms with Crippen LogP contribution in [-0.2, 0) is 4.79 Å². The van der Waals surface area contributed by atoms with Gasteiger partial charge in [-0.25, -0.2) is 4.98 Å². The number of hydrogen-bond donors (Lipinski definition) is 1. The number of anilines is 2. The van der Waals surface area contributed by atoms with Gasteiger partial charge in [0.1, 0.15) is 0 Å². The van der Waals surface area contributed by atoms with Gasteiger partial charge in [0.15, 0.2) is 10.8 Å². The lowest BCUT2D eigenvalue weighted by atomic mass is 10.1. The Morgan fingerprint density at radius 1 is 1.09 bits per heavy atom. The van der Waals surface area contributed by atoms with Crippen LogP contribution in [0, 0.1) is 6.92 Å². The number of carbonyl (C=O) groups is 2. The molecular formula is C25H23N7O2S. The monoisotopic (exact) mass is 485 g/mol. The molecule has 35 heavy (non-hydrogen) atoms. The molecule has 0 bridgehead atoms. The number of thiazole rings is 1. The lowest BCUT2D eigenvalue weighted by Gasteiger charge is -2.36. The SMILES string of the molecule is Cc1cc(N2CCN(C3CC3)C(=O)C2)c(C(=O)Nc2nc3ncc(-c4ccncc4)cc3s2)cn1. The second-order valence-electron chi connectivity index (χ2n) is 8.84. The van der Waals surface area contributed by atoms with Crippen molar-refractivity contribution in [2.75, 3.05) is 29.9 Å². The third-order valence-electron chi connectivity index (χ3n) is 6.33. The number of amides is 2. The molecule has 0 spiro atoms. The highest BCUT2D eigenvalue weighted by atomic mass is 32.1. The van der Waals surface area contributed by atoms with Gasteiger partial charge in [0.25, 0.3) is 5.91 Å². The normalized spacial score (nSPS) is 16.1. The van der Waals surface area contributed by atoms with Crippen LogP contribution < -0.4 is 10.2 Å². The van der Waals surface area contributed by atoms with Gasteiger partial charge in [-0.05, 0) is 49.6 Å². The molecule has 1 aliphatic heterocycles. The van der Waals surface area contributed by atoms with E-state index in [9.17, 15) is 9.59 Å². The number of pyridine rings is 3. The Morgan fingerprint density at radius 3 is 2.69 bits per heavy atom. The van der Waals surface area contributed by atoms with Crippen molar-refractivity contribution >= 4 is 44.3 Å². The summed E-state index contributed by atoms with van der Waals surface area (Å²) in [6, 6.07) is 8.13. The summed E-state index contributed by atoms with van der Waals surface area (Å²) in [5.74, 6) is -0.195. The summed E-state index contributed by atoms with van der Waals surface area (Å²) in [6.45, 7) is 3.51. The molecule has 9 nitrogen and oxygen atoms in total. The average molecular weight is 486 g/mol. The highest BCUT2D eigenvalue weighted by Crippen LogP contribution is 2.32. The van der Waals surface area contributed by atoms with Gasteiger partial charge >= 0.3 is 0 Å². The Bertz CT molecular complexity index is 1430. The molecule has 1 aliphatic carbocycles. The smallest absolute Gasteiger partial charge is 0.261 e. The Balaban J connectivity index is 1.24. The van der Waals surface area contributed by atoms with E-state index >= 15 is 0 Å². The Labute approximate surface area is 205 Å². The van der Waals surface area contributed by atoms with Gasteiger partial charge in [-0.15, -0.1) is 0 Å². The van der Waals surface area contributed by atoms with Crippen molar-refractivity contribution in [2.45, 2.75) is 25.8 Å². The standard InChI is InChI=1S/C25H23N7O2S/c1-15-10-20(31-8-9-32(18-2-3-18)22(33)14-31)19(13-27-15)24(34)30-25-29-23-21(35-25)11-17(12-28-23)16-4-6-26-7-5-16/h4-7,10-13,18H,2-3,8-9,14H2,1H3,(H,28,29,30,34). The molecule has 2 amide bonds. The second-order valence-corrected chi connectivity index (χ2v) is 9.87. The summed E-state index contributed by atoms with van der Waals surface area (Å²) in [4.78, 5) is 47.3. The first-order valence-corrected chi connectivity index (χ1v) is 12.4. The molecule has 2 fully saturated rings. The number of fused-ring (bicyclic) bond motifs is 1. The van der Waals surface area contributed by atoms with Crippen molar-refractivity contribution in [3.8, 4) is 11.1 Å². The molecule has 2 aliphatic rings. The van der Waals surface area contributed by atoms with E-state index < -0.39 is 0 Å². The molecule has 0 unspecified atom stereocenters. The van der Waals surface area contributed by atoms with Gasteiger partial charge < -0.3 is 9.80 Å². The average Bonchev–Trinajstić information content (AvgIpc) is 3.63. The number of nitrogens with one attached hydrogen (secondary N) is 1. The van der Waals surface area contributed by atoms with E-state index in [-0.39, 0.29) is 18.4 Å². The Kier molecular flexibility index (Phi) is 5.37. The van der Waals surface area contributed by atoms with Crippen molar-refractivity contribution in [1.29, 1.82) is 0 Å². The zero-order chi connectivity index (χ0) is 23.9. The maximum atomic E-state index is 13.3. The molecule has 176 valence electrons. The summed E-state index contributed by atoms with van der Waals surface area (Å²) < 4.78 is 0.874. The largest absolute Gasteiger partial charge is 0.360 e. The molecule has 10 heteroatoms. The Morgan fingerprint density at radius 2 is 1.91 bits per heavy atom. The zero-order valence-corrected chi connectivity index (χ0v) is 20.0. The van der Waals surface area contributed by atoms with Crippen molar-refractivity contribution in [1.82, 2.24) is 24.8 Å². The van der Waals surface area contributed by atoms with Crippen LogP contribution in [0.2, 0.25) is 0 Å². The fraction of sp³-hybridized carbons (Fsp3) is 0.280. The second kappa shape index (κ2) is 8.70. The highest BCUT2D eigenvalue weighted by Gasteiger charge is 2.36. The molecule has 1 N–H and O–H groups in total. The highest BCUT2D eigenvalue weighted by molar-refractivity contribution is 7.22. The van der Waals surface area contributed by atoms with Crippen LogP contribution in [0.25, 0.3) is 21.5 Å². The van der Waals surface area contributed by atoms with Crippen LogP contribution in [0.4, 0.5) is 10.8 Å². The number of rotatable bonds is 5. The summed E-state index contributed by atoms with van der Waals surface area (Å²) >= 11 is 1.37. The zero-order valence-electron chi connectivity index (χ0n) is 19.1. The molecule has 0 radical (unpaired) electrons. The lowest BCUT2D eigenvalue weighted by Crippen LogP contribution is -2.51. The van der Waals surface area contributed by atoms with E-state index in [1.54, 1.807) is 24.8 Å². The van der Waals surface area contributed by atoms with Crippen LogP contribution in [0.1, 0.15) is 28.9 Å². The first-order chi connectivity index (χ1) is 17.0. The van der Waals surface area contributed by atoms with E-state index in [0.29, 0.717) is 35.5 Å². The molecule has 1 saturated carbocycles. The molecule has 0 atom stereocenters. The lowest BCUT2D eigenvalue weighted by molar-refractivity contribution is -0.131. The summed E-state index contributed by atoms with van der Waals surface area (Å²) in [5, 5.41) is 3.37. The first kappa shape index (κ1) is 21.6. The van der Waals surface area contributed by atoms with Crippen molar-refractivity contribution in [3.63, 3.8) is 0 Å². The third-order valence-corrected chi connectivity index (χ3v) is 7.24. The quantitative estimate of drug-likeness (QED) is 0.461. The Hall–Kier alpha value is -3.92. The van der Waals surface area contributed by atoms with E-state index in [4.69, 9.17) is 0 Å². The fourth-order valence-corrected chi connectivity index (χ4v) is 5.25. The van der Waals surface area contributed by atoms with E-state index in [1.807, 2.05) is 41.0 Å². The van der Waals surface area contributed by atoms with Gasteiger partial charge in [-0.3, -0.25) is 24.9 Å². The van der Waals surface area contributed by atoms with E-state index in [2.05, 4.69) is 25.3 Å². The fourth-order valence-electron chi connectivity index (χ4n) is 4.39. The maximum Gasteiger partial charge on any atom is 0.261 e. The van der Waals surface area contributed by atoms with Gasteiger partial charge in [0.2, 0.25) is 5.91 Å². The van der Waals surface area contributed by atoms with Gasteiger partial charge in [-0.2, -0.15) is 4.98 Å². The number of piperazine rings is 1.